The van der Waals surface area contributed by atoms with Crippen molar-refractivity contribution in [1.82, 2.24) is 5.32 Å². The molecule has 0 saturated carbocycles. The van der Waals surface area contributed by atoms with Crippen molar-refractivity contribution in [2.45, 2.75) is 20.0 Å². The van der Waals surface area contributed by atoms with Gasteiger partial charge in [0.2, 0.25) is 0 Å². The predicted molar refractivity (Wildman–Crippen MR) is 34.8 cm³/mol. The molecule has 8 heavy (non-hydrogen) atoms. The Morgan fingerprint density at radius 1 is 1.75 bits per heavy atom. The number of rotatable bonds is 0. The minimum absolute atomic E-state index is 0.264. The molecule has 0 radical (unpaired) electrons. The summed E-state index contributed by atoms with van der Waals surface area (Å²) in [6.07, 6.45) is 4.15. The summed E-state index contributed by atoms with van der Waals surface area (Å²) in [5, 5.41) is 3.04. The SMILES string of the molecule is CC1=NC(C)NC=C1. The van der Waals surface area contributed by atoms with E-state index < -0.39 is 0 Å². The van der Waals surface area contributed by atoms with Crippen molar-refractivity contribution in [3.8, 4) is 0 Å². The van der Waals surface area contributed by atoms with E-state index in [9.17, 15) is 0 Å². The van der Waals surface area contributed by atoms with Gasteiger partial charge >= 0.3 is 0 Å². The highest BCUT2D eigenvalue weighted by atomic mass is 15.1. The maximum absolute atomic E-state index is 4.20. The van der Waals surface area contributed by atoms with Crippen molar-refractivity contribution in [2.24, 2.45) is 4.99 Å². The fourth-order valence-corrected chi connectivity index (χ4v) is 0.694. The summed E-state index contributed by atoms with van der Waals surface area (Å²) in [4.78, 5) is 4.20. The fraction of sp³-hybridized carbons (Fsp3) is 0.500. The number of hydrogen-bond acceptors (Lipinski definition) is 2. The molecule has 1 N–H and O–H groups in total. The largest absolute Gasteiger partial charge is 0.370 e. The number of nitrogens with one attached hydrogen (secondary N) is 1. The Hall–Kier alpha value is -0.790. The second-order valence-electron chi connectivity index (χ2n) is 1.95. The molecule has 0 aromatic heterocycles. The third-order valence-electron chi connectivity index (χ3n) is 1.06. The van der Waals surface area contributed by atoms with E-state index in [0.29, 0.717) is 0 Å². The van der Waals surface area contributed by atoms with Crippen molar-refractivity contribution >= 4 is 5.71 Å². The standard InChI is InChI=1S/C6H10N2/c1-5-3-4-7-6(2)8-5/h3-4,6-7H,1-2H3. The van der Waals surface area contributed by atoms with Gasteiger partial charge < -0.3 is 5.32 Å². The molecule has 1 atom stereocenters. The van der Waals surface area contributed by atoms with E-state index in [4.69, 9.17) is 0 Å². The van der Waals surface area contributed by atoms with Crippen LogP contribution in [0.2, 0.25) is 0 Å². The number of allylic oxidation sites excluding steroid dienone is 1. The lowest BCUT2D eigenvalue weighted by Crippen LogP contribution is -2.22. The smallest absolute Gasteiger partial charge is 0.115 e. The van der Waals surface area contributed by atoms with Crippen molar-refractivity contribution in [1.29, 1.82) is 0 Å². The van der Waals surface area contributed by atoms with Crippen LogP contribution in [0.15, 0.2) is 17.3 Å². The highest BCUT2D eigenvalue weighted by Crippen LogP contribution is 1.92. The zero-order chi connectivity index (χ0) is 5.98. The Kier molecular flexibility index (Phi) is 1.33. The molecule has 2 heteroatoms. The monoisotopic (exact) mass is 110 g/mol. The van der Waals surface area contributed by atoms with Gasteiger partial charge in [0, 0.05) is 5.71 Å². The van der Waals surface area contributed by atoms with Crippen LogP contribution < -0.4 is 5.32 Å². The van der Waals surface area contributed by atoms with Gasteiger partial charge in [0.15, 0.2) is 0 Å². The minimum atomic E-state index is 0.264. The Bertz CT molecular complexity index is 135. The van der Waals surface area contributed by atoms with E-state index in [1.807, 2.05) is 26.1 Å². The van der Waals surface area contributed by atoms with Gasteiger partial charge in [-0.1, -0.05) is 0 Å². The Labute approximate surface area is 49.3 Å². The van der Waals surface area contributed by atoms with Crippen molar-refractivity contribution in [3.05, 3.63) is 12.3 Å². The Morgan fingerprint density at radius 2 is 2.50 bits per heavy atom. The van der Waals surface area contributed by atoms with Crippen LogP contribution in [0, 0.1) is 0 Å². The Balaban J connectivity index is 2.63. The normalized spacial score (nSPS) is 26.8. The average molecular weight is 110 g/mol. The van der Waals surface area contributed by atoms with E-state index in [0.717, 1.165) is 5.71 Å². The fourth-order valence-electron chi connectivity index (χ4n) is 0.694. The van der Waals surface area contributed by atoms with Gasteiger partial charge in [-0.05, 0) is 26.1 Å². The number of aliphatic imine (C=N–C) groups is 1. The van der Waals surface area contributed by atoms with Crippen LogP contribution in [0.3, 0.4) is 0 Å². The van der Waals surface area contributed by atoms with Gasteiger partial charge in [-0.2, -0.15) is 0 Å². The summed E-state index contributed by atoms with van der Waals surface area (Å²) >= 11 is 0. The second kappa shape index (κ2) is 1.99. The lowest BCUT2D eigenvalue weighted by Gasteiger charge is -2.10. The molecule has 0 bridgehead atoms. The quantitative estimate of drug-likeness (QED) is 0.492. The zero-order valence-electron chi connectivity index (χ0n) is 5.18. The van der Waals surface area contributed by atoms with Crippen LogP contribution in [0.5, 0.6) is 0 Å². The molecule has 0 aliphatic carbocycles. The van der Waals surface area contributed by atoms with E-state index in [-0.39, 0.29) is 6.17 Å². The van der Waals surface area contributed by atoms with Gasteiger partial charge in [0.05, 0.1) is 0 Å². The first-order valence-electron chi connectivity index (χ1n) is 2.76. The van der Waals surface area contributed by atoms with Crippen LogP contribution in [0.25, 0.3) is 0 Å². The minimum Gasteiger partial charge on any atom is -0.370 e. The predicted octanol–water partition coefficient (Wildman–Crippen LogP) is 0.910. The molecule has 0 aromatic rings. The molecule has 2 nitrogen and oxygen atoms in total. The van der Waals surface area contributed by atoms with Crippen LogP contribution in [-0.4, -0.2) is 11.9 Å². The molecule has 1 unspecified atom stereocenters. The lowest BCUT2D eigenvalue weighted by atomic mass is 10.3. The lowest BCUT2D eigenvalue weighted by molar-refractivity contribution is 0.665. The van der Waals surface area contributed by atoms with Gasteiger partial charge in [-0.3, -0.25) is 4.99 Å². The van der Waals surface area contributed by atoms with Gasteiger partial charge in [-0.25, -0.2) is 0 Å². The van der Waals surface area contributed by atoms with E-state index in [1.165, 1.54) is 0 Å². The molecule has 1 rings (SSSR count). The highest BCUT2D eigenvalue weighted by Gasteiger charge is 1.97. The maximum atomic E-state index is 4.20. The molecule has 1 aliphatic rings. The zero-order valence-corrected chi connectivity index (χ0v) is 5.18. The van der Waals surface area contributed by atoms with Gasteiger partial charge in [0.1, 0.15) is 6.17 Å². The molecular formula is C6H10N2. The highest BCUT2D eigenvalue weighted by molar-refractivity contribution is 5.93. The van der Waals surface area contributed by atoms with Crippen molar-refractivity contribution < 1.29 is 0 Å². The van der Waals surface area contributed by atoms with Crippen LogP contribution in [0.4, 0.5) is 0 Å². The maximum Gasteiger partial charge on any atom is 0.115 e. The third-order valence-corrected chi connectivity index (χ3v) is 1.06. The first kappa shape index (κ1) is 5.35. The Morgan fingerprint density at radius 3 is 2.88 bits per heavy atom. The molecule has 1 heterocycles. The first-order chi connectivity index (χ1) is 3.79. The van der Waals surface area contributed by atoms with E-state index in [1.54, 1.807) is 0 Å². The molecule has 0 spiro atoms. The van der Waals surface area contributed by atoms with Crippen molar-refractivity contribution in [3.63, 3.8) is 0 Å². The molecule has 0 fully saturated rings. The van der Waals surface area contributed by atoms with Crippen LogP contribution >= 0.6 is 0 Å². The summed E-state index contributed by atoms with van der Waals surface area (Å²) in [5.41, 5.74) is 1.09. The average Bonchev–Trinajstić information content (AvgIpc) is 1.64. The van der Waals surface area contributed by atoms with E-state index >= 15 is 0 Å². The van der Waals surface area contributed by atoms with E-state index in [2.05, 4.69) is 10.3 Å². The summed E-state index contributed by atoms with van der Waals surface area (Å²) in [7, 11) is 0. The topological polar surface area (TPSA) is 24.4 Å². The molecular weight excluding hydrogens is 100 g/mol. The summed E-state index contributed by atoms with van der Waals surface area (Å²) in [6.45, 7) is 4.01. The molecule has 1 aliphatic heterocycles. The number of hydrogen-bond donors (Lipinski definition) is 1. The summed E-state index contributed by atoms with van der Waals surface area (Å²) < 4.78 is 0. The van der Waals surface area contributed by atoms with Gasteiger partial charge in [0.25, 0.3) is 0 Å². The van der Waals surface area contributed by atoms with Crippen molar-refractivity contribution in [2.75, 3.05) is 0 Å². The number of nitrogens with zero attached hydrogens (tertiary/aromatic N) is 1. The molecule has 44 valence electrons. The molecule has 0 saturated heterocycles. The van der Waals surface area contributed by atoms with Crippen LogP contribution in [-0.2, 0) is 0 Å². The summed E-state index contributed by atoms with van der Waals surface area (Å²) in [6, 6.07) is 0. The van der Waals surface area contributed by atoms with Crippen LogP contribution in [0.1, 0.15) is 13.8 Å². The third kappa shape index (κ3) is 1.09. The molecule has 0 aromatic carbocycles. The molecule has 0 amide bonds. The first-order valence-corrected chi connectivity index (χ1v) is 2.76. The van der Waals surface area contributed by atoms with Gasteiger partial charge in [-0.15, -0.1) is 0 Å². The summed E-state index contributed by atoms with van der Waals surface area (Å²) in [5.74, 6) is 0. The second-order valence-corrected chi connectivity index (χ2v) is 1.95.